The van der Waals surface area contributed by atoms with Crippen molar-refractivity contribution >= 4 is 39.0 Å². The fourth-order valence-electron chi connectivity index (χ4n) is 11.2. The number of rotatable bonds is 9. The molecule has 11 aromatic carbocycles. The van der Waals surface area contributed by atoms with Gasteiger partial charge in [-0.15, -0.1) is 0 Å². The van der Waals surface area contributed by atoms with Crippen molar-refractivity contribution in [3.05, 3.63) is 295 Å². The number of benzene rings is 11. The lowest BCUT2D eigenvalue weighted by atomic mass is 9.68. The van der Waals surface area contributed by atoms with Crippen LogP contribution in [0.15, 0.2) is 277 Å². The molecule has 0 spiro atoms. The number of hydrogen-bond donors (Lipinski definition) is 0. The lowest BCUT2D eigenvalue weighted by Crippen LogP contribution is -2.28. The Morgan fingerprint density at radius 3 is 1.52 bits per heavy atom. The van der Waals surface area contributed by atoms with Crippen LogP contribution in [0, 0.1) is 0 Å². The fourth-order valence-corrected chi connectivity index (χ4v) is 11.2. The van der Waals surface area contributed by atoms with Crippen LogP contribution in [0.4, 0.5) is 17.1 Å². The van der Waals surface area contributed by atoms with E-state index in [0.29, 0.717) is 0 Å². The Hall–Kier alpha value is -8.98. The molecule has 1 heterocycles. The number of fused-ring (bicyclic) bond motifs is 6. The molecule has 324 valence electrons. The van der Waals surface area contributed by atoms with Gasteiger partial charge in [-0.1, -0.05) is 224 Å². The second-order valence-corrected chi connectivity index (χ2v) is 17.9. The Balaban J connectivity index is 1.06. The van der Waals surface area contributed by atoms with Crippen molar-refractivity contribution in [2.24, 2.45) is 0 Å². The zero-order chi connectivity index (χ0) is 45.7. The van der Waals surface area contributed by atoms with Crippen molar-refractivity contribution in [1.29, 1.82) is 0 Å². The average Bonchev–Trinajstić information content (AvgIpc) is 3.95. The van der Waals surface area contributed by atoms with Crippen LogP contribution in [0.25, 0.3) is 77.6 Å². The summed E-state index contributed by atoms with van der Waals surface area (Å²) in [5.41, 5.74) is 21.3. The molecule has 0 saturated carbocycles. The van der Waals surface area contributed by atoms with E-state index >= 15 is 0 Å². The lowest BCUT2D eigenvalue weighted by Gasteiger charge is -2.34. The number of nitrogens with zero attached hydrogens (tertiary/aromatic N) is 1. The number of para-hydroxylation sites is 1. The molecule has 2 heteroatoms. The normalized spacial score (nSPS) is 12.5. The zero-order valence-electron chi connectivity index (χ0n) is 37.8. The summed E-state index contributed by atoms with van der Waals surface area (Å²) in [4.78, 5) is 2.48. The molecule has 0 fully saturated rings. The van der Waals surface area contributed by atoms with Gasteiger partial charge in [0, 0.05) is 27.7 Å². The predicted molar refractivity (Wildman–Crippen MR) is 287 cm³/mol. The fraction of sp³-hybridized carbons (Fsp3) is 0.0149. The van der Waals surface area contributed by atoms with Crippen LogP contribution in [0.2, 0.25) is 0 Å². The highest BCUT2D eigenvalue weighted by Crippen LogP contribution is 2.58. The third-order valence-corrected chi connectivity index (χ3v) is 14.2. The van der Waals surface area contributed by atoms with Gasteiger partial charge in [0.15, 0.2) is 0 Å². The Morgan fingerprint density at radius 1 is 0.290 bits per heavy atom. The van der Waals surface area contributed by atoms with E-state index in [1.807, 2.05) is 12.1 Å². The van der Waals surface area contributed by atoms with Crippen molar-refractivity contribution in [2.45, 2.75) is 5.41 Å². The van der Waals surface area contributed by atoms with Crippen LogP contribution >= 0.6 is 0 Å². The van der Waals surface area contributed by atoms with Gasteiger partial charge in [-0.05, 0) is 121 Å². The van der Waals surface area contributed by atoms with E-state index in [1.165, 1.54) is 50.1 Å². The van der Waals surface area contributed by atoms with Crippen LogP contribution in [-0.4, -0.2) is 0 Å². The minimum Gasteiger partial charge on any atom is -0.456 e. The molecule has 0 aliphatic heterocycles. The summed E-state index contributed by atoms with van der Waals surface area (Å²) in [5.74, 6) is 0. The van der Waals surface area contributed by atoms with Gasteiger partial charge in [0.05, 0.1) is 11.1 Å². The predicted octanol–water partition coefficient (Wildman–Crippen LogP) is 18.1. The standard InChI is InChI=1S/C67H45NO/c1-5-20-47(21-6-1)54-28-13-14-31-58(54)66-55(48-22-7-2-8-23-48)32-19-34-63(66)68(52-39-36-46(37-40-52)49-38-43-65-60(44-49)57-30-16-18-35-64(57)69-65)53-41-42-62-59(45-53)56-29-15-17-33-61(56)67(62,50-24-9-3-10-25-50)51-26-11-4-12-27-51/h1-45H. The van der Waals surface area contributed by atoms with Crippen LogP contribution in [-0.2, 0) is 5.41 Å². The first-order valence-corrected chi connectivity index (χ1v) is 23.7. The highest BCUT2D eigenvalue weighted by Gasteiger charge is 2.46. The monoisotopic (exact) mass is 879 g/mol. The Bertz CT molecular complexity index is 3780. The first-order valence-electron chi connectivity index (χ1n) is 23.7. The SMILES string of the molecule is c1ccc(-c2ccccc2-c2c(-c3ccccc3)cccc2N(c2ccc(-c3ccc4oc5ccccc5c4c3)cc2)c2ccc3c(c2)-c2ccccc2C3(c2ccccc2)c2ccccc2)cc1. The molecule has 0 atom stereocenters. The van der Waals surface area contributed by atoms with E-state index in [-0.39, 0.29) is 0 Å². The largest absolute Gasteiger partial charge is 0.456 e. The van der Waals surface area contributed by atoms with E-state index in [1.54, 1.807) is 0 Å². The van der Waals surface area contributed by atoms with Gasteiger partial charge in [0.2, 0.25) is 0 Å². The molecule has 1 aliphatic carbocycles. The number of furan rings is 1. The molecule has 0 unspecified atom stereocenters. The molecular weight excluding hydrogens is 835 g/mol. The van der Waals surface area contributed by atoms with E-state index in [2.05, 4.69) is 266 Å². The number of hydrogen-bond acceptors (Lipinski definition) is 2. The van der Waals surface area contributed by atoms with Crippen molar-refractivity contribution in [1.82, 2.24) is 0 Å². The van der Waals surface area contributed by atoms with Gasteiger partial charge >= 0.3 is 0 Å². The summed E-state index contributed by atoms with van der Waals surface area (Å²) in [6.45, 7) is 0. The first-order chi connectivity index (χ1) is 34.2. The second-order valence-electron chi connectivity index (χ2n) is 17.9. The van der Waals surface area contributed by atoms with Gasteiger partial charge in [0.1, 0.15) is 11.2 Å². The van der Waals surface area contributed by atoms with E-state index in [0.717, 1.165) is 66.8 Å². The smallest absolute Gasteiger partial charge is 0.135 e. The van der Waals surface area contributed by atoms with Crippen molar-refractivity contribution in [3.8, 4) is 55.6 Å². The van der Waals surface area contributed by atoms with Crippen LogP contribution in [0.1, 0.15) is 22.3 Å². The second kappa shape index (κ2) is 16.7. The third-order valence-electron chi connectivity index (χ3n) is 14.2. The molecular formula is C67H45NO. The molecule has 0 N–H and O–H groups in total. The van der Waals surface area contributed by atoms with Crippen LogP contribution < -0.4 is 4.90 Å². The minimum absolute atomic E-state index is 0.506. The Morgan fingerprint density at radius 2 is 0.812 bits per heavy atom. The molecule has 69 heavy (non-hydrogen) atoms. The highest BCUT2D eigenvalue weighted by atomic mass is 16.3. The summed E-state index contributed by atoms with van der Waals surface area (Å²) in [6.07, 6.45) is 0. The zero-order valence-corrected chi connectivity index (χ0v) is 37.8. The lowest BCUT2D eigenvalue weighted by molar-refractivity contribution is 0.669. The number of anilines is 3. The van der Waals surface area contributed by atoms with Gasteiger partial charge in [0.25, 0.3) is 0 Å². The molecule has 1 aromatic heterocycles. The first kappa shape index (κ1) is 40.3. The molecule has 0 bridgehead atoms. The highest BCUT2D eigenvalue weighted by molar-refractivity contribution is 6.06. The van der Waals surface area contributed by atoms with Crippen molar-refractivity contribution < 1.29 is 4.42 Å². The molecule has 0 radical (unpaired) electrons. The average molecular weight is 880 g/mol. The molecule has 13 rings (SSSR count). The summed E-state index contributed by atoms with van der Waals surface area (Å²) in [5, 5.41) is 2.24. The van der Waals surface area contributed by atoms with Gasteiger partial charge in [-0.25, -0.2) is 0 Å². The van der Waals surface area contributed by atoms with Gasteiger partial charge < -0.3 is 9.32 Å². The molecule has 0 amide bonds. The van der Waals surface area contributed by atoms with Crippen molar-refractivity contribution in [2.75, 3.05) is 4.90 Å². The van der Waals surface area contributed by atoms with E-state index in [9.17, 15) is 0 Å². The Kier molecular flexibility index (Phi) is 9.77. The summed E-state index contributed by atoms with van der Waals surface area (Å²) in [6, 6.07) is 99.5. The van der Waals surface area contributed by atoms with E-state index in [4.69, 9.17) is 4.42 Å². The molecule has 12 aromatic rings. The third kappa shape index (κ3) is 6.64. The van der Waals surface area contributed by atoms with Crippen LogP contribution in [0.3, 0.4) is 0 Å². The summed E-state index contributed by atoms with van der Waals surface area (Å²) < 4.78 is 6.23. The van der Waals surface area contributed by atoms with Gasteiger partial charge in [-0.3, -0.25) is 0 Å². The summed E-state index contributed by atoms with van der Waals surface area (Å²) >= 11 is 0. The molecule has 0 saturated heterocycles. The molecule has 2 nitrogen and oxygen atoms in total. The maximum atomic E-state index is 6.23. The van der Waals surface area contributed by atoms with E-state index < -0.39 is 5.41 Å². The minimum atomic E-state index is -0.506. The van der Waals surface area contributed by atoms with Crippen LogP contribution in [0.5, 0.6) is 0 Å². The Labute approximate surface area is 402 Å². The maximum absolute atomic E-state index is 6.23. The van der Waals surface area contributed by atoms with Gasteiger partial charge in [-0.2, -0.15) is 0 Å². The molecule has 1 aliphatic rings. The maximum Gasteiger partial charge on any atom is 0.135 e. The topological polar surface area (TPSA) is 16.4 Å². The van der Waals surface area contributed by atoms with Crippen molar-refractivity contribution in [3.63, 3.8) is 0 Å². The summed E-state index contributed by atoms with van der Waals surface area (Å²) in [7, 11) is 0. The quantitative estimate of drug-likeness (QED) is 0.144.